The predicted octanol–water partition coefficient (Wildman–Crippen LogP) is 0.728. The second-order valence-corrected chi connectivity index (χ2v) is 7.80. The second-order valence-electron chi connectivity index (χ2n) is 5.64. The van der Waals surface area contributed by atoms with Crippen LogP contribution in [0.15, 0.2) is 23.1 Å². The van der Waals surface area contributed by atoms with E-state index in [2.05, 4.69) is 4.90 Å². The molecule has 1 fully saturated rings. The van der Waals surface area contributed by atoms with Crippen LogP contribution in [0, 0.1) is 5.92 Å². The van der Waals surface area contributed by atoms with Crippen LogP contribution in [0.1, 0.15) is 12.8 Å². The van der Waals surface area contributed by atoms with Crippen LogP contribution in [0.3, 0.4) is 0 Å². The molecule has 0 radical (unpaired) electrons. The van der Waals surface area contributed by atoms with E-state index in [1.165, 1.54) is 24.5 Å². The van der Waals surface area contributed by atoms with Crippen LogP contribution >= 0.6 is 0 Å². The maximum atomic E-state index is 12.1. The van der Waals surface area contributed by atoms with Gasteiger partial charge in [0.15, 0.2) is 0 Å². The van der Waals surface area contributed by atoms with Crippen molar-refractivity contribution in [3.63, 3.8) is 0 Å². The first-order chi connectivity index (χ1) is 9.86. The molecule has 0 amide bonds. The number of aliphatic hydroxyl groups excluding tert-OH is 1. The van der Waals surface area contributed by atoms with Gasteiger partial charge < -0.3 is 15.7 Å². The molecular weight excluding hydrogens is 290 g/mol. The van der Waals surface area contributed by atoms with Crippen molar-refractivity contribution in [1.29, 1.82) is 0 Å². The summed E-state index contributed by atoms with van der Waals surface area (Å²) in [7, 11) is -0.476. The molecule has 2 rings (SSSR count). The number of benzene rings is 1. The number of aliphatic hydroxyl groups is 1. The van der Waals surface area contributed by atoms with Gasteiger partial charge >= 0.3 is 0 Å². The summed E-state index contributed by atoms with van der Waals surface area (Å²) in [4.78, 5) is 2.32. The number of hydrogen-bond acceptors (Lipinski definition) is 5. The van der Waals surface area contributed by atoms with E-state index in [1.807, 2.05) is 0 Å². The summed E-state index contributed by atoms with van der Waals surface area (Å²) in [5.41, 5.74) is 7.34. The highest BCUT2D eigenvalue weighted by atomic mass is 32.2. The Labute approximate surface area is 126 Å². The van der Waals surface area contributed by atoms with Crippen molar-refractivity contribution in [2.45, 2.75) is 17.7 Å². The molecule has 1 unspecified atom stereocenters. The first-order valence-corrected chi connectivity index (χ1v) is 8.48. The van der Waals surface area contributed by atoms with Gasteiger partial charge in [0.25, 0.3) is 0 Å². The van der Waals surface area contributed by atoms with Crippen LogP contribution in [0.2, 0.25) is 0 Å². The Kier molecular flexibility index (Phi) is 4.75. The largest absolute Gasteiger partial charge is 0.397 e. The molecule has 0 aliphatic carbocycles. The van der Waals surface area contributed by atoms with E-state index >= 15 is 0 Å². The highest BCUT2D eigenvalue weighted by molar-refractivity contribution is 7.89. The molecule has 1 saturated heterocycles. The van der Waals surface area contributed by atoms with E-state index in [0.29, 0.717) is 5.69 Å². The summed E-state index contributed by atoms with van der Waals surface area (Å²) in [5, 5.41) is 9.29. The van der Waals surface area contributed by atoms with Gasteiger partial charge in [-0.15, -0.1) is 0 Å². The van der Waals surface area contributed by atoms with E-state index in [4.69, 9.17) is 5.73 Å². The molecule has 1 heterocycles. The molecule has 21 heavy (non-hydrogen) atoms. The fraction of sp³-hybridized carbons (Fsp3) is 0.571. The lowest BCUT2D eigenvalue weighted by molar-refractivity contribution is 0.209. The molecule has 118 valence electrons. The number of nitrogens with two attached hydrogens (primary N) is 1. The van der Waals surface area contributed by atoms with E-state index in [1.54, 1.807) is 12.1 Å². The highest BCUT2D eigenvalue weighted by Crippen LogP contribution is 2.30. The summed E-state index contributed by atoms with van der Waals surface area (Å²) in [6.07, 6.45) is 2.02. The molecule has 3 N–H and O–H groups in total. The normalized spacial score (nSPS) is 20.0. The standard InChI is InChI=1S/C14H23N3O3S/c1-16(2)21(19,20)12-5-6-14(13(15)8-12)17-7-3-4-11(9-17)10-18/h5-6,8,11,18H,3-4,7,9-10,15H2,1-2H3. The average Bonchev–Trinajstić information content (AvgIpc) is 2.47. The SMILES string of the molecule is CN(C)S(=O)(=O)c1ccc(N2CCCC(CO)C2)c(N)c1. The van der Waals surface area contributed by atoms with Gasteiger partial charge in [-0.25, -0.2) is 12.7 Å². The van der Waals surface area contributed by atoms with Gasteiger partial charge in [-0.3, -0.25) is 0 Å². The highest BCUT2D eigenvalue weighted by Gasteiger charge is 2.23. The van der Waals surface area contributed by atoms with Crippen molar-refractivity contribution in [3.05, 3.63) is 18.2 Å². The van der Waals surface area contributed by atoms with Crippen LogP contribution in [-0.2, 0) is 10.0 Å². The molecule has 1 aliphatic rings. The zero-order valence-electron chi connectivity index (χ0n) is 12.5. The summed E-state index contributed by atoms with van der Waals surface area (Å²) in [6, 6.07) is 4.85. The molecule has 1 atom stereocenters. The lowest BCUT2D eigenvalue weighted by atomic mass is 9.98. The van der Waals surface area contributed by atoms with Gasteiger partial charge in [-0.1, -0.05) is 0 Å². The number of rotatable bonds is 4. The monoisotopic (exact) mass is 313 g/mol. The van der Waals surface area contributed by atoms with Crippen molar-refractivity contribution in [2.75, 3.05) is 44.4 Å². The molecule has 1 aromatic carbocycles. The third-order valence-electron chi connectivity index (χ3n) is 3.90. The molecule has 0 spiro atoms. The lowest BCUT2D eigenvalue weighted by Crippen LogP contribution is -2.37. The topological polar surface area (TPSA) is 86.9 Å². The van der Waals surface area contributed by atoms with Crippen LogP contribution < -0.4 is 10.6 Å². The van der Waals surface area contributed by atoms with Crippen LogP contribution in [-0.4, -0.2) is 51.6 Å². The number of nitrogens with zero attached hydrogens (tertiary/aromatic N) is 2. The van der Waals surface area contributed by atoms with Crippen molar-refractivity contribution in [1.82, 2.24) is 4.31 Å². The van der Waals surface area contributed by atoms with Gasteiger partial charge in [-0.05, 0) is 37.0 Å². The molecule has 7 heteroatoms. The van der Waals surface area contributed by atoms with Crippen molar-refractivity contribution >= 4 is 21.4 Å². The Morgan fingerprint density at radius 3 is 2.71 bits per heavy atom. The zero-order chi connectivity index (χ0) is 15.6. The van der Waals surface area contributed by atoms with Gasteiger partial charge in [-0.2, -0.15) is 0 Å². The minimum absolute atomic E-state index is 0.170. The minimum Gasteiger partial charge on any atom is -0.397 e. The van der Waals surface area contributed by atoms with Crippen molar-refractivity contribution in [2.24, 2.45) is 5.92 Å². The summed E-state index contributed by atoms with van der Waals surface area (Å²) in [6.45, 7) is 1.80. The number of hydrogen-bond donors (Lipinski definition) is 2. The Balaban J connectivity index is 2.28. The molecule has 0 bridgehead atoms. The van der Waals surface area contributed by atoms with E-state index < -0.39 is 10.0 Å². The molecule has 0 aromatic heterocycles. The predicted molar refractivity (Wildman–Crippen MR) is 83.8 cm³/mol. The fourth-order valence-electron chi connectivity index (χ4n) is 2.62. The number of sulfonamides is 1. The summed E-state index contributed by atoms with van der Waals surface area (Å²) in [5.74, 6) is 0.253. The molecule has 1 aromatic rings. The number of anilines is 2. The van der Waals surface area contributed by atoms with Crippen molar-refractivity contribution in [3.8, 4) is 0 Å². The zero-order valence-corrected chi connectivity index (χ0v) is 13.3. The van der Waals surface area contributed by atoms with Crippen molar-refractivity contribution < 1.29 is 13.5 Å². The number of piperidine rings is 1. The third kappa shape index (κ3) is 3.30. The third-order valence-corrected chi connectivity index (χ3v) is 5.71. The van der Waals surface area contributed by atoms with Gasteiger partial charge in [0.2, 0.25) is 10.0 Å². The Hall–Kier alpha value is -1.31. The van der Waals surface area contributed by atoms with Gasteiger partial charge in [0.05, 0.1) is 16.3 Å². The van der Waals surface area contributed by atoms with Crippen LogP contribution in [0.25, 0.3) is 0 Å². The fourth-order valence-corrected chi connectivity index (χ4v) is 3.56. The lowest BCUT2D eigenvalue weighted by Gasteiger charge is -2.34. The summed E-state index contributed by atoms with van der Waals surface area (Å²) >= 11 is 0. The second kappa shape index (κ2) is 6.21. The van der Waals surface area contributed by atoms with E-state index in [0.717, 1.165) is 31.6 Å². The van der Waals surface area contributed by atoms with Gasteiger partial charge in [0, 0.05) is 33.8 Å². The van der Waals surface area contributed by atoms with Gasteiger partial charge in [0.1, 0.15) is 0 Å². The Morgan fingerprint density at radius 2 is 2.14 bits per heavy atom. The Morgan fingerprint density at radius 1 is 1.43 bits per heavy atom. The first kappa shape index (κ1) is 16.1. The Bertz CT molecular complexity index is 601. The van der Waals surface area contributed by atoms with E-state index in [9.17, 15) is 13.5 Å². The molecule has 0 saturated carbocycles. The molecule has 6 nitrogen and oxygen atoms in total. The van der Waals surface area contributed by atoms with Crippen LogP contribution in [0.5, 0.6) is 0 Å². The number of nitrogen functional groups attached to an aromatic ring is 1. The maximum absolute atomic E-state index is 12.1. The minimum atomic E-state index is -3.47. The smallest absolute Gasteiger partial charge is 0.242 e. The maximum Gasteiger partial charge on any atom is 0.242 e. The van der Waals surface area contributed by atoms with E-state index in [-0.39, 0.29) is 17.4 Å². The summed E-state index contributed by atoms with van der Waals surface area (Å²) < 4.78 is 25.4. The first-order valence-electron chi connectivity index (χ1n) is 7.04. The van der Waals surface area contributed by atoms with Crippen LogP contribution in [0.4, 0.5) is 11.4 Å². The average molecular weight is 313 g/mol. The molecule has 1 aliphatic heterocycles. The molecular formula is C14H23N3O3S. The quantitative estimate of drug-likeness (QED) is 0.800.